The summed E-state index contributed by atoms with van der Waals surface area (Å²) in [6.07, 6.45) is 6.59. The maximum Gasteiger partial charge on any atom is 0.508 e. The first-order chi connectivity index (χ1) is 13.9. The molecule has 1 heterocycles. The van der Waals surface area contributed by atoms with Gasteiger partial charge in [-0.1, -0.05) is 25.0 Å². The summed E-state index contributed by atoms with van der Waals surface area (Å²) in [6, 6.07) is 0. The number of rotatable bonds is 10. The van der Waals surface area contributed by atoms with Crippen molar-refractivity contribution < 1.29 is 34.0 Å². The molecule has 166 valence electrons. The summed E-state index contributed by atoms with van der Waals surface area (Å²) in [7, 11) is 0. The molecule has 29 heavy (non-hydrogen) atoms. The summed E-state index contributed by atoms with van der Waals surface area (Å²) in [4.78, 5) is 23.6. The smallest absolute Gasteiger partial charge is 0.481 e. The van der Waals surface area contributed by atoms with Crippen LogP contribution in [-0.2, 0) is 19.0 Å². The fourth-order valence-electron chi connectivity index (χ4n) is 4.41. The molecule has 0 bridgehead atoms. The van der Waals surface area contributed by atoms with Crippen LogP contribution in [-0.4, -0.2) is 54.4 Å². The Balaban J connectivity index is 1.83. The zero-order chi connectivity index (χ0) is 21.2. The van der Waals surface area contributed by atoms with Gasteiger partial charge < -0.3 is 24.4 Å². The Bertz CT molecular complexity index is 551. The second-order valence-electron chi connectivity index (χ2n) is 8.24. The molecule has 2 fully saturated rings. The minimum atomic E-state index is -0.820. The lowest BCUT2D eigenvalue weighted by atomic mass is 9.83. The fraction of sp³-hybridized carbons (Fsp3) is 0.818. The molecule has 0 spiro atoms. The van der Waals surface area contributed by atoms with Crippen LogP contribution in [0.1, 0.15) is 65.2 Å². The van der Waals surface area contributed by atoms with Crippen LogP contribution in [0, 0.1) is 17.8 Å². The van der Waals surface area contributed by atoms with Crippen LogP contribution in [0.25, 0.3) is 0 Å². The van der Waals surface area contributed by atoms with Gasteiger partial charge in [-0.25, -0.2) is 4.79 Å². The zero-order valence-electron chi connectivity index (χ0n) is 17.7. The van der Waals surface area contributed by atoms with Crippen LogP contribution in [0.5, 0.6) is 0 Å². The molecule has 0 amide bonds. The van der Waals surface area contributed by atoms with Crippen molar-refractivity contribution in [2.24, 2.45) is 17.8 Å². The normalized spacial score (nSPS) is 27.3. The monoisotopic (exact) mass is 412 g/mol. The van der Waals surface area contributed by atoms with Crippen LogP contribution < -0.4 is 0 Å². The average Bonchev–Trinajstić information content (AvgIpc) is 3.18. The average molecular weight is 413 g/mol. The van der Waals surface area contributed by atoms with E-state index in [2.05, 4.69) is 0 Å². The van der Waals surface area contributed by atoms with Crippen molar-refractivity contribution in [1.82, 2.24) is 0 Å². The van der Waals surface area contributed by atoms with Gasteiger partial charge in [-0.3, -0.25) is 4.79 Å². The van der Waals surface area contributed by atoms with Crippen molar-refractivity contribution in [1.29, 1.82) is 0 Å². The van der Waals surface area contributed by atoms with Gasteiger partial charge in [0.15, 0.2) is 0 Å². The zero-order valence-corrected chi connectivity index (χ0v) is 17.7. The maximum atomic E-state index is 12.0. The molecule has 0 aromatic heterocycles. The van der Waals surface area contributed by atoms with Crippen molar-refractivity contribution in [2.45, 2.75) is 77.4 Å². The van der Waals surface area contributed by atoms with E-state index in [0.717, 1.165) is 44.3 Å². The molecule has 1 aliphatic heterocycles. The minimum Gasteiger partial charge on any atom is -0.481 e. The highest BCUT2D eigenvalue weighted by Crippen LogP contribution is 2.30. The third-order valence-corrected chi connectivity index (χ3v) is 6.07. The van der Waals surface area contributed by atoms with Crippen molar-refractivity contribution >= 4 is 12.1 Å². The second-order valence-corrected chi connectivity index (χ2v) is 8.24. The molecule has 0 aromatic carbocycles. The van der Waals surface area contributed by atoms with E-state index in [-0.39, 0.29) is 18.6 Å². The van der Waals surface area contributed by atoms with Gasteiger partial charge in [-0.15, -0.1) is 0 Å². The quantitative estimate of drug-likeness (QED) is 0.318. The Hall–Kier alpha value is -1.60. The molecular formula is C22H36O7. The number of carbonyl (C=O) groups is 2. The molecule has 3 unspecified atom stereocenters. The highest BCUT2D eigenvalue weighted by atomic mass is 16.7. The number of hydrogen-bond acceptors (Lipinski definition) is 6. The fourth-order valence-corrected chi connectivity index (χ4v) is 4.41. The van der Waals surface area contributed by atoms with Gasteiger partial charge >= 0.3 is 12.1 Å². The van der Waals surface area contributed by atoms with Crippen LogP contribution in [0.2, 0.25) is 0 Å². The summed E-state index contributed by atoms with van der Waals surface area (Å²) >= 11 is 0. The van der Waals surface area contributed by atoms with E-state index in [9.17, 15) is 19.8 Å². The van der Waals surface area contributed by atoms with Gasteiger partial charge in [0.05, 0.1) is 18.6 Å². The standard InChI is InChI=1S/C22H36O7/c1-3-18(21(24)25)17(13-16-10-12-27-14-16)7-6-11-28-22(26)29-20-9-5-4-8-19(20)15(2)23/h7,15-16,18-20,23H,3-6,8-14H2,1-2H3,(H,24,25)/t15-,16?,18?,19+,20?/m1/s1. The molecule has 1 saturated heterocycles. The van der Waals surface area contributed by atoms with E-state index in [1.54, 1.807) is 6.92 Å². The van der Waals surface area contributed by atoms with Gasteiger partial charge in [-0.05, 0) is 57.8 Å². The van der Waals surface area contributed by atoms with Gasteiger partial charge in [0.1, 0.15) is 6.10 Å². The summed E-state index contributed by atoms with van der Waals surface area (Å²) in [5.41, 5.74) is 0.883. The molecule has 7 nitrogen and oxygen atoms in total. The van der Waals surface area contributed by atoms with Gasteiger partial charge in [-0.2, -0.15) is 0 Å². The Labute approximate surface area is 173 Å². The topological polar surface area (TPSA) is 102 Å². The van der Waals surface area contributed by atoms with Crippen molar-refractivity contribution in [2.75, 3.05) is 19.8 Å². The molecule has 2 rings (SSSR count). The van der Waals surface area contributed by atoms with Crippen LogP contribution in [0.15, 0.2) is 11.6 Å². The molecule has 0 radical (unpaired) electrons. The van der Waals surface area contributed by atoms with E-state index >= 15 is 0 Å². The Kier molecular flexibility index (Phi) is 9.94. The van der Waals surface area contributed by atoms with Crippen molar-refractivity contribution in [3.05, 3.63) is 11.6 Å². The van der Waals surface area contributed by atoms with Crippen LogP contribution >= 0.6 is 0 Å². The van der Waals surface area contributed by atoms with Crippen LogP contribution in [0.4, 0.5) is 4.79 Å². The van der Waals surface area contributed by atoms with E-state index in [0.29, 0.717) is 31.8 Å². The lowest BCUT2D eigenvalue weighted by Crippen LogP contribution is -2.36. The summed E-state index contributed by atoms with van der Waals surface area (Å²) in [6.45, 7) is 5.14. The molecule has 1 saturated carbocycles. The predicted molar refractivity (Wildman–Crippen MR) is 108 cm³/mol. The molecule has 1 aliphatic carbocycles. The van der Waals surface area contributed by atoms with Gasteiger partial charge in [0.2, 0.25) is 0 Å². The highest BCUT2D eigenvalue weighted by molar-refractivity contribution is 5.73. The summed E-state index contributed by atoms with van der Waals surface area (Å²) < 4.78 is 16.1. The number of carboxylic acids is 1. The first-order valence-electron chi connectivity index (χ1n) is 10.9. The van der Waals surface area contributed by atoms with Crippen LogP contribution in [0.3, 0.4) is 0 Å². The Morgan fingerprint density at radius 3 is 2.62 bits per heavy atom. The van der Waals surface area contributed by atoms with Gasteiger partial charge in [0.25, 0.3) is 0 Å². The van der Waals surface area contributed by atoms with Crippen molar-refractivity contribution in [3.63, 3.8) is 0 Å². The third-order valence-electron chi connectivity index (χ3n) is 6.07. The number of carbonyl (C=O) groups excluding carboxylic acids is 1. The Morgan fingerprint density at radius 2 is 2.00 bits per heavy atom. The van der Waals surface area contributed by atoms with Crippen molar-refractivity contribution in [3.8, 4) is 0 Å². The lowest BCUT2D eigenvalue weighted by Gasteiger charge is -2.32. The number of ether oxygens (including phenoxy) is 3. The number of aliphatic carboxylic acids is 1. The van der Waals surface area contributed by atoms with E-state index < -0.39 is 24.1 Å². The number of carboxylic acid groups (broad SMARTS) is 1. The molecule has 5 atom stereocenters. The summed E-state index contributed by atoms with van der Waals surface area (Å²) in [5.74, 6) is -1.03. The SMILES string of the molecule is CCC(C(=O)O)C(=CCCOC(=O)OC1CCCC[C@H]1[C@@H](C)O)CC1CCOC1. The highest BCUT2D eigenvalue weighted by Gasteiger charge is 2.32. The summed E-state index contributed by atoms with van der Waals surface area (Å²) in [5, 5.41) is 19.4. The molecular weight excluding hydrogens is 376 g/mol. The molecule has 0 aromatic rings. The Morgan fingerprint density at radius 1 is 1.24 bits per heavy atom. The first kappa shape index (κ1) is 23.7. The largest absolute Gasteiger partial charge is 0.508 e. The molecule has 2 aliphatic rings. The number of aliphatic hydroxyl groups is 1. The predicted octanol–water partition coefficient (Wildman–Crippen LogP) is 3.93. The van der Waals surface area contributed by atoms with E-state index in [1.807, 2.05) is 13.0 Å². The van der Waals surface area contributed by atoms with E-state index in [4.69, 9.17) is 14.2 Å². The van der Waals surface area contributed by atoms with Gasteiger partial charge in [0, 0.05) is 19.1 Å². The number of hydrogen-bond donors (Lipinski definition) is 2. The maximum absolute atomic E-state index is 12.0. The first-order valence-corrected chi connectivity index (χ1v) is 10.9. The van der Waals surface area contributed by atoms with E-state index in [1.165, 1.54) is 0 Å². The lowest BCUT2D eigenvalue weighted by molar-refractivity contribution is -0.140. The number of aliphatic hydroxyl groups excluding tert-OH is 1. The molecule has 2 N–H and O–H groups in total. The molecule has 7 heteroatoms. The minimum absolute atomic E-state index is 0.0442. The second kappa shape index (κ2) is 12.2. The third kappa shape index (κ3) is 7.63.